The van der Waals surface area contributed by atoms with Crippen LogP contribution in [-0.2, 0) is 38.7 Å². The molecule has 5 aliphatic carbocycles. The van der Waals surface area contributed by atoms with Crippen LogP contribution in [0.5, 0.6) is 0 Å². The highest BCUT2D eigenvalue weighted by Gasteiger charge is 2.72. The number of benzene rings is 2. The molecule has 234 valence electrons. The van der Waals surface area contributed by atoms with Crippen molar-refractivity contribution in [1.82, 2.24) is 0 Å². The zero-order valence-corrected chi connectivity index (χ0v) is 23.1. The van der Waals surface area contributed by atoms with Gasteiger partial charge in [-0.1, -0.05) is 48.5 Å². The molecule has 8 rings (SSSR count). The minimum atomic E-state index is -6.91. The Morgan fingerprint density at radius 1 is 0.886 bits per heavy atom. The van der Waals surface area contributed by atoms with Crippen LogP contribution in [0.2, 0.25) is 0 Å². The van der Waals surface area contributed by atoms with E-state index in [4.69, 9.17) is 9.47 Å². The van der Waals surface area contributed by atoms with E-state index in [2.05, 4.69) is 4.74 Å². The summed E-state index contributed by atoms with van der Waals surface area (Å²) in [5, 5.41) is -6.05. The second kappa shape index (κ2) is 9.46. The van der Waals surface area contributed by atoms with Gasteiger partial charge in [0.15, 0.2) is 10.1 Å². The Hall–Kier alpha value is -3.59. The Bertz CT molecular complexity index is 1640. The van der Waals surface area contributed by atoms with Crippen molar-refractivity contribution >= 4 is 28.0 Å². The lowest BCUT2D eigenvalue weighted by atomic mass is 9.59. The molecule has 1 heterocycles. The number of hydrogen-bond acceptors (Lipinski definition) is 9. The lowest BCUT2D eigenvalue weighted by Crippen LogP contribution is -2.54. The van der Waals surface area contributed by atoms with Crippen molar-refractivity contribution < 1.29 is 63.5 Å². The Kier molecular flexibility index (Phi) is 6.26. The first-order chi connectivity index (χ1) is 20.6. The standard InChI is InChI=1S/C29H23F5O9S/c30-28(31,32)27(29(33,34)44(38,39)40)43-26(37)21-17-10-16-20(21)25(36)42-23(16)22(17)41-24(35)18-9-15-11-5-1-3-7-13(11)19(18)14-8-4-2-6-12(14)15/h1-8,15-23,27H,9-10H2,(H,38,39,40)/p-1. The van der Waals surface area contributed by atoms with Crippen LogP contribution >= 0.6 is 0 Å². The van der Waals surface area contributed by atoms with Crippen molar-refractivity contribution in [3.05, 3.63) is 70.8 Å². The molecule has 2 aromatic rings. The SMILES string of the molecule is O=C(OC1C2CC3C1OC(=O)C3C2C(=O)OC(C(F)(F)F)C(F)(F)S(=O)(=O)[O-])C1CC2c3ccccc3C1c1ccccc12. The summed E-state index contributed by atoms with van der Waals surface area (Å²) in [6.07, 6.45) is -12.7. The smallest absolute Gasteiger partial charge is 0.432 e. The number of carbonyl (C=O) groups is 3. The molecule has 0 N–H and O–H groups in total. The predicted octanol–water partition coefficient (Wildman–Crippen LogP) is 3.62. The first-order valence-electron chi connectivity index (χ1n) is 13.8. The van der Waals surface area contributed by atoms with Crippen LogP contribution in [0.4, 0.5) is 22.0 Å². The average molecular weight is 642 g/mol. The maximum atomic E-state index is 14.1. The number of carbonyl (C=O) groups excluding carboxylic acids is 3. The highest BCUT2D eigenvalue weighted by atomic mass is 32.2. The first-order valence-corrected chi connectivity index (χ1v) is 15.2. The van der Waals surface area contributed by atoms with Crippen LogP contribution in [0, 0.1) is 29.6 Å². The maximum absolute atomic E-state index is 14.1. The summed E-state index contributed by atoms with van der Waals surface area (Å²) in [5.41, 5.74) is 4.04. The van der Waals surface area contributed by atoms with Crippen molar-refractivity contribution in [1.29, 1.82) is 0 Å². The average Bonchev–Trinajstić information content (AvgIpc) is 3.58. The fourth-order valence-corrected chi connectivity index (χ4v) is 8.65. The van der Waals surface area contributed by atoms with Gasteiger partial charge >= 0.3 is 29.3 Å². The number of fused-ring (bicyclic) bond motifs is 2. The van der Waals surface area contributed by atoms with Crippen LogP contribution in [0.1, 0.15) is 46.9 Å². The summed E-state index contributed by atoms with van der Waals surface area (Å²) >= 11 is 0. The van der Waals surface area contributed by atoms with Gasteiger partial charge in [-0.25, -0.2) is 8.42 Å². The van der Waals surface area contributed by atoms with Gasteiger partial charge in [-0.15, -0.1) is 0 Å². The number of hydrogen-bond donors (Lipinski definition) is 0. The highest BCUT2D eigenvalue weighted by molar-refractivity contribution is 7.86. The molecule has 9 nitrogen and oxygen atoms in total. The molecule has 1 aliphatic heterocycles. The second-order valence-electron chi connectivity index (χ2n) is 11.9. The Balaban J connectivity index is 1.16. The summed E-state index contributed by atoms with van der Waals surface area (Å²) in [4.78, 5) is 39.5. The van der Waals surface area contributed by atoms with Crippen molar-refractivity contribution in [3.8, 4) is 0 Å². The van der Waals surface area contributed by atoms with E-state index in [0.717, 1.165) is 22.3 Å². The molecule has 8 unspecified atom stereocenters. The topological polar surface area (TPSA) is 136 Å². The number of halogens is 5. The Morgan fingerprint density at radius 3 is 2.00 bits per heavy atom. The summed E-state index contributed by atoms with van der Waals surface area (Å²) in [6, 6.07) is 15.3. The minimum absolute atomic E-state index is 0.0197. The number of ether oxygens (including phenoxy) is 3. The molecular weight excluding hydrogens is 619 g/mol. The summed E-state index contributed by atoms with van der Waals surface area (Å²) in [6.45, 7) is 0. The van der Waals surface area contributed by atoms with Gasteiger partial charge in [0.05, 0.1) is 17.8 Å². The molecule has 44 heavy (non-hydrogen) atoms. The summed E-state index contributed by atoms with van der Waals surface area (Å²) < 4.78 is 117. The number of esters is 3. The molecular formula is C29H22F5O9S-. The fourth-order valence-electron chi connectivity index (χ4n) is 8.21. The van der Waals surface area contributed by atoms with Gasteiger partial charge in [0.1, 0.15) is 12.2 Å². The van der Waals surface area contributed by atoms with E-state index in [9.17, 15) is 49.3 Å². The minimum Gasteiger partial charge on any atom is -0.743 e. The normalized spacial score (nSPS) is 33.8. The quantitative estimate of drug-likeness (QED) is 0.201. The molecule has 3 fully saturated rings. The number of rotatable bonds is 6. The van der Waals surface area contributed by atoms with E-state index in [0.29, 0.717) is 6.42 Å². The van der Waals surface area contributed by atoms with Gasteiger partial charge < -0.3 is 18.8 Å². The van der Waals surface area contributed by atoms with Crippen molar-refractivity contribution in [2.45, 2.75) is 54.4 Å². The van der Waals surface area contributed by atoms with Crippen LogP contribution < -0.4 is 0 Å². The Labute approximate surface area is 246 Å². The van der Waals surface area contributed by atoms with Crippen LogP contribution in [0.25, 0.3) is 0 Å². The van der Waals surface area contributed by atoms with E-state index >= 15 is 0 Å². The largest absolute Gasteiger partial charge is 0.743 e. The van der Waals surface area contributed by atoms with Gasteiger partial charge in [-0.05, 0) is 35.1 Å². The van der Waals surface area contributed by atoms with Crippen molar-refractivity contribution in [2.24, 2.45) is 29.6 Å². The molecule has 0 amide bonds. The highest BCUT2D eigenvalue weighted by Crippen LogP contribution is 2.60. The van der Waals surface area contributed by atoms with Gasteiger partial charge in [0, 0.05) is 23.7 Å². The molecule has 15 heteroatoms. The van der Waals surface area contributed by atoms with Crippen LogP contribution in [0.15, 0.2) is 48.5 Å². The van der Waals surface area contributed by atoms with Gasteiger partial charge in [-0.2, -0.15) is 22.0 Å². The molecule has 6 aliphatic rings. The van der Waals surface area contributed by atoms with Crippen molar-refractivity contribution in [3.63, 3.8) is 0 Å². The Morgan fingerprint density at radius 2 is 1.45 bits per heavy atom. The van der Waals surface area contributed by atoms with E-state index in [1.807, 2.05) is 48.5 Å². The monoisotopic (exact) mass is 641 g/mol. The molecule has 0 spiro atoms. The molecule has 0 aromatic heterocycles. The molecule has 0 radical (unpaired) electrons. The van der Waals surface area contributed by atoms with Gasteiger partial charge in [0.2, 0.25) is 0 Å². The second-order valence-corrected chi connectivity index (χ2v) is 13.4. The van der Waals surface area contributed by atoms with Gasteiger partial charge in [-0.3, -0.25) is 14.4 Å². The zero-order chi connectivity index (χ0) is 31.5. The van der Waals surface area contributed by atoms with E-state index < -0.39 is 87.4 Å². The third-order valence-corrected chi connectivity index (χ3v) is 10.7. The number of alkyl halides is 5. The molecule has 2 saturated carbocycles. The lowest BCUT2D eigenvalue weighted by molar-refractivity contribution is -0.262. The molecule has 8 atom stereocenters. The van der Waals surface area contributed by atoms with Gasteiger partial charge in [0.25, 0.3) is 6.10 Å². The van der Waals surface area contributed by atoms with Crippen LogP contribution in [0.3, 0.4) is 0 Å². The fraction of sp³-hybridized carbons (Fsp3) is 0.483. The summed E-state index contributed by atoms with van der Waals surface area (Å²) in [7, 11) is -6.91. The van der Waals surface area contributed by atoms with Crippen LogP contribution in [-0.4, -0.2) is 60.6 Å². The third-order valence-electron chi connectivity index (χ3n) is 9.85. The van der Waals surface area contributed by atoms with E-state index in [-0.39, 0.29) is 18.3 Å². The predicted molar refractivity (Wildman–Crippen MR) is 134 cm³/mol. The first kappa shape index (κ1) is 29.1. The molecule has 1 saturated heterocycles. The maximum Gasteiger partial charge on any atom is 0.432 e. The van der Waals surface area contributed by atoms with E-state index in [1.54, 1.807) is 0 Å². The van der Waals surface area contributed by atoms with Crippen molar-refractivity contribution in [2.75, 3.05) is 0 Å². The molecule has 4 bridgehead atoms. The molecule has 2 aromatic carbocycles. The lowest BCUT2D eigenvalue weighted by Gasteiger charge is -2.45. The summed E-state index contributed by atoms with van der Waals surface area (Å²) in [5.74, 6) is -9.90. The van der Waals surface area contributed by atoms with E-state index in [1.165, 1.54) is 0 Å². The third kappa shape index (κ3) is 4.04. The zero-order valence-electron chi connectivity index (χ0n) is 22.3.